The molecular formula is C31H32F3N5O. The lowest BCUT2D eigenvalue weighted by Gasteiger charge is -2.20. The number of hydrogen-bond donors (Lipinski definition) is 1. The molecule has 1 N–H and O–H groups in total. The average Bonchev–Trinajstić information content (AvgIpc) is 3.52. The molecule has 0 radical (unpaired) electrons. The maximum atomic E-state index is 13.6. The number of imidazole rings is 1. The highest BCUT2D eigenvalue weighted by Crippen LogP contribution is 2.34. The van der Waals surface area contributed by atoms with E-state index in [1.807, 2.05) is 57.3 Å². The molecule has 0 saturated heterocycles. The molecule has 1 amide bonds. The van der Waals surface area contributed by atoms with Gasteiger partial charge in [0.1, 0.15) is 0 Å². The maximum Gasteiger partial charge on any atom is 0.416 e. The number of aliphatic imine (C=N–C) groups is 1. The Morgan fingerprint density at radius 2 is 1.95 bits per heavy atom. The number of fused-ring (bicyclic) bond motifs is 1. The van der Waals surface area contributed by atoms with Crippen LogP contribution >= 0.6 is 0 Å². The molecule has 40 heavy (non-hydrogen) atoms. The number of amides is 1. The van der Waals surface area contributed by atoms with Crippen molar-refractivity contribution >= 4 is 23.0 Å². The molecular weight excluding hydrogens is 515 g/mol. The van der Waals surface area contributed by atoms with Crippen molar-refractivity contribution in [2.75, 3.05) is 23.3 Å². The Bertz CT molecular complexity index is 1510. The number of carbonyl (C=O) groups is 1. The lowest BCUT2D eigenvalue weighted by molar-refractivity contribution is -0.137. The van der Waals surface area contributed by atoms with Gasteiger partial charge >= 0.3 is 6.18 Å². The summed E-state index contributed by atoms with van der Waals surface area (Å²) < 4.78 is 42.4. The number of carbonyl (C=O) groups excluding carboxylic acids is 1. The Labute approximate surface area is 232 Å². The SMILES string of the molecule is C\C=C/C=C\C(C)=N\C=C(/C)CN1CCc2ccc(C(=O)Nc3cc(-n4cnc(C)c4)cc(C(F)(F)F)c3)cc21. The molecule has 1 aliphatic rings. The lowest BCUT2D eigenvalue weighted by atomic mass is 10.1. The molecule has 208 valence electrons. The van der Waals surface area contributed by atoms with Gasteiger partial charge in [0.2, 0.25) is 0 Å². The van der Waals surface area contributed by atoms with Crippen molar-refractivity contribution in [1.82, 2.24) is 9.55 Å². The maximum absolute atomic E-state index is 13.6. The van der Waals surface area contributed by atoms with Gasteiger partial charge in [0.15, 0.2) is 0 Å². The summed E-state index contributed by atoms with van der Waals surface area (Å²) in [5.41, 5.74) is 4.49. The number of aryl methyl sites for hydroxylation is 1. The molecule has 6 nitrogen and oxygen atoms in total. The van der Waals surface area contributed by atoms with E-state index in [-0.39, 0.29) is 11.4 Å². The Morgan fingerprint density at radius 3 is 2.65 bits per heavy atom. The van der Waals surface area contributed by atoms with E-state index < -0.39 is 17.6 Å². The number of benzene rings is 2. The Hall–Kier alpha value is -4.40. The summed E-state index contributed by atoms with van der Waals surface area (Å²) in [5.74, 6) is -0.484. The smallest absolute Gasteiger partial charge is 0.367 e. The predicted octanol–water partition coefficient (Wildman–Crippen LogP) is 7.31. The number of rotatable bonds is 8. The van der Waals surface area contributed by atoms with Gasteiger partial charge in [-0.2, -0.15) is 13.2 Å². The van der Waals surface area contributed by atoms with E-state index in [0.29, 0.717) is 17.8 Å². The Kier molecular flexibility index (Phi) is 8.72. The zero-order valence-electron chi connectivity index (χ0n) is 23.0. The van der Waals surface area contributed by atoms with Gasteiger partial charge in [0.25, 0.3) is 5.91 Å². The number of anilines is 2. The van der Waals surface area contributed by atoms with E-state index in [0.717, 1.165) is 47.6 Å². The van der Waals surface area contributed by atoms with Crippen molar-refractivity contribution in [3.8, 4) is 5.69 Å². The monoisotopic (exact) mass is 547 g/mol. The van der Waals surface area contributed by atoms with Crippen LogP contribution in [-0.2, 0) is 12.6 Å². The summed E-state index contributed by atoms with van der Waals surface area (Å²) in [6.45, 7) is 9.09. The van der Waals surface area contributed by atoms with Gasteiger partial charge in [0.05, 0.1) is 17.6 Å². The molecule has 2 aromatic carbocycles. The molecule has 0 aliphatic carbocycles. The molecule has 0 unspecified atom stereocenters. The fourth-order valence-electron chi connectivity index (χ4n) is 4.42. The third-order valence-corrected chi connectivity index (χ3v) is 6.42. The first-order valence-electron chi connectivity index (χ1n) is 13.0. The van der Waals surface area contributed by atoms with Gasteiger partial charge < -0.3 is 14.8 Å². The van der Waals surface area contributed by atoms with Crippen LogP contribution < -0.4 is 10.2 Å². The van der Waals surface area contributed by atoms with Gasteiger partial charge in [-0.05, 0) is 81.7 Å². The average molecular weight is 548 g/mol. The molecule has 4 rings (SSSR count). The Morgan fingerprint density at radius 1 is 1.15 bits per heavy atom. The number of aromatic nitrogens is 2. The van der Waals surface area contributed by atoms with Crippen LogP contribution in [0.4, 0.5) is 24.5 Å². The number of nitrogens with one attached hydrogen (secondary N) is 1. The summed E-state index contributed by atoms with van der Waals surface area (Å²) in [4.78, 5) is 23.9. The molecule has 9 heteroatoms. The van der Waals surface area contributed by atoms with Gasteiger partial charge in [-0.15, -0.1) is 0 Å². The van der Waals surface area contributed by atoms with E-state index in [2.05, 4.69) is 20.2 Å². The highest BCUT2D eigenvalue weighted by atomic mass is 19.4. The topological polar surface area (TPSA) is 62.5 Å². The van der Waals surface area contributed by atoms with Crippen molar-refractivity contribution in [2.45, 2.75) is 40.3 Å². The van der Waals surface area contributed by atoms with Crippen LogP contribution in [0, 0.1) is 6.92 Å². The van der Waals surface area contributed by atoms with E-state index >= 15 is 0 Å². The van der Waals surface area contributed by atoms with E-state index in [1.54, 1.807) is 25.3 Å². The number of halogens is 3. The molecule has 0 spiro atoms. The second-order valence-corrected chi connectivity index (χ2v) is 9.79. The molecule has 3 aromatic rings. The van der Waals surface area contributed by atoms with E-state index in [4.69, 9.17) is 0 Å². The summed E-state index contributed by atoms with van der Waals surface area (Å²) in [6.07, 6.45) is 8.94. The van der Waals surface area contributed by atoms with Gasteiger partial charge in [-0.25, -0.2) is 4.98 Å². The molecule has 1 aliphatic heterocycles. The molecule has 1 aromatic heterocycles. The first-order chi connectivity index (χ1) is 19.0. The predicted molar refractivity (Wildman–Crippen MR) is 154 cm³/mol. The van der Waals surface area contributed by atoms with Crippen LogP contribution in [0.1, 0.15) is 48.0 Å². The van der Waals surface area contributed by atoms with Crippen molar-refractivity contribution in [3.05, 3.63) is 107 Å². The minimum absolute atomic E-state index is 0.0500. The van der Waals surface area contributed by atoms with E-state index in [1.165, 1.54) is 17.0 Å². The fourth-order valence-corrected chi connectivity index (χ4v) is 4.42. The fraction of sp³-hybridized carbons (Fsp3) is 0.258. The van der Waals surface area contributed by atoms with Gasteiger partial charge in [0, 0.05) is 53.8 Å². The van der Waals surface area contributed by atoms with Crippen LogP contribution in [0.15, 0.2) is 90.0 Å². The molecule has 0 saturated carbocycles. The quantitative estimate of drug-likeness (QED) is 0.238. The van der Waals surface area contributed by atoms with Crippen molar-refractivity contribution in [3.63, 3.8) is 0 Å². The first-order valence-corrected chi connectivity index (χ1v) is 13.0. The molecule has 0 bridgehead atoms. The minimum Gasteiger partial charge on any atom is -0.367 e. The van der Waals surface area contributed by atoms with Crippen LogP contribution in [-0.4, -0.2) is 34.3 Å². The molecule has 2 heterocycles. The highest BCUT2D eigenvalue weighted by Gasteiger charge is 2.31. The number of nitrogens with zero attached hydrogens (tertiary/aromatic N) is 4. The van der Waals surface area contributed by atoms with Gasteiger partial charge in [-0.1, -0.05) is 24.3 Å². The normalized spacial score (nSPS) is 14.4. The zero-order chi connectivity index (χ0) is 28.9. The standard InChI is InChI=1S/C31H32F3N5O/c1-5-6-7-8-22(3)35-17-21(2)18-38-12-11-24-9-10-25(13-29(24)38)30(40)37-27-14-26(31(32,33)34)15-28(16-27)39-19-23(4)36-20-39/h5-10,13-17,19-20H,11-12,18H2,1-4H3,(H,37,40)/b6-5-,8-7-,21-17+,35-22+. The third kappa shape index (κ3) is 7.16. The third-order valence-electron chi connectivity index (χ3n) is 6.42. The minimum atomic E-state index is -4.57. The van der Waals surface area contributed by atoms with Crippen LogP contribution in [0.5, 0.6) is 0 Å². The number of alkyl halides is 3. The molecule has 0 fully saturated rings. The second kappa shape index (κ2) is 12.2. The first kappa shape index (κ1) is 28.6. The van der Waals surface area contributed by atoms with Crippen molar-refractivity contribution < 1.29 is 18.0 Å². The summed E-state index contributed by atoms with van der Waals surface area (Å²) in [6, 6.07) is 8.88. The van der Waals surface area contributed by atoms with Crippen molar-refractivity contribution in [2.24, 2.45) is 4.99 Å². The summed E-state index contributed by atoms with van der Waals surface area (Å²) in [7, 11) is 0. The molecule has 0 atom stereocenters. The van der Waals surface area contributed by atoms with Gasteiger partial charge in [-0.3, -0.25) is 9.79 Å². The lowest BCUT2D eigenvalue weighted by Crippen LogP contribution is -2.23. The van der Waals surface area contributed by atoms with Crippen molar-refractivity contribution in [1.29, 1.82) is 0 Å². The summed E-state index contributed by atoms with van der Waals surface area (Å²) >= 11 is 0. The van der Waals surface area contributed by atoms with E-state index in [9.17, 15) is 18.0 Å². The largest absolute Gasteiger partial charge is 0.416 e. The Balaban J connectivity index is 1.53. The second-order valence-electron chi connectivity index (χ2n) is 9.79. The number of hydrogen-bond acceptors (Lipinski definition) is 4. The summed E-state index contributed by atoms with van der Waals surface area (Å²) in [5, 5.41) is 2.66. The number of allylic oxidation sites excluding steroid dienone is 4. The highest BCUT2D eigenvalue weighted by molar-refractivity contribution is 6.05. The van der Waals surface area contributed by atoms with Crippen LogP contribution in [0.2, 0.25) is 0 Å². The van der Waals surface area contributed by atoms with Crippen LogP contribution in [0.3, 0.4) is 0 Å². The van der Waals surface area contributed by atoms with Crippen LogP contribution in [0.25, 0.3) is 5.69 Å². The zero-order valence-corrected chi connectivity index (χ0v) is 23.0.